The molecule has 1 rings (SSSR count). The first-order valence-corrected chi connectivity index (χ1v) is 8.57. The molecule has 0 heterocycles. The van der Waals surface area contributed by atoms with Gasteiger partial charge in [0.15, 0.2) is 0 Å². The summed E-state index contributed by atoms with van der Waals surface area (Å²) in [6.45, 7) is 11.5. The molecule has 0 aliphatic rings. The van der Waals surface area contributed by atoms with Crippen molar-refractivity contribution in [3.63, 3.8) is 0 Å². The van der Waals surface area contributed by atoms with Crippen LogP contribution in [0.5, 0.6) is 0 Å². The van der Waals surface area contributed by atoms with E-state index in [2.05, 4.69) is 6.92 Å². The lowest BCUT2D eigenvalue weighted by molar-refractivity contribution is -0.118. The van der Waals surface area contributed by atoms with Crippen molar-refractivity contribution in [3.05, 3.63) is 35.9 Å². The van der Waals surface area contributed by atoms with Crippen LogP contribution in [0.3, 0.4) is 0 Å². The van der Waals surface area contributed by atoms with Gasteiger partial charge in [0.05, 0.1) is 0 Å². The van der Waals surface area contributed by atoms with Gasteiger partial charge in [0.1, 0.15) is 11.6 Å². The van der Waals surface area contributed by atoms with Crippen LogP contribution in [-0.2, 0) is 9.59 Å². The van der Waals surface area contributed by atoms with Crippen LogP contribution in [-0.4, -0.2) is 11.6 Å². The van der Waals surface area contributed by atoms with Crippen molar-refractivity contribution in [2.45, 2.75) is 79.6 Å². The maximum atomic E-state index is 11.5. The van der Waals surface area contributed by atoms with Crippen molar-refractivity contribution in [2.24, 2.45) is 0 Å². The first-order valence-electron chi connectivity index (χ1n) is 8.57. The lowest BCUT2D eigenvalue weighted by atomic mass is 9.90. The summed E-state index contributed by atoms with van der Waals surface area (Å²) >= 11 is 0. The molecule has 0 N–H and O–H groups in total. The van der Waals surface area contributed by atoms with Crippen LogP contribution < -0.4 is 0 Å². The van der Waals surface area contributed by atoms with Crippen LogP contribution in [0.15, 0.2) is 30.3 Å². The highest BCUT2D eigenvalue weighted by Crippen LogP contribution is 2.22. The van der Waals surface area contributed by atoms with E-state index in [1.54, 1.807) is 13.8 Å². The quantitative estimate of drug-likeness (QED) is 0.623. The summed E-state index contributed by atoms with van der Waals surface area (Å²) in [6, 6.07) is 10.1. The van der Waals surface area contributed by atoms with E-state index in [-0.39, 0.29) is 17.5 Å². The maximum Gasteiger partial charge on any atom is 0.137 e. The average molecular weight is 306 g/mol. The van der Waals surface area contributed by atoms with Crippen LogP contribution in [0.25, 0.3) is 0 Å². The number of unbranched alkanes of at least 4 members (excludes halogenated alkanes) is 1. The van der Waals surface area contributed by atoms with Crippen molar-refractivity contribution < 1.29 is 9.59 Å². The average Bonchev–Trinajstić information content (AvgIpc) is 2.51. The molecular formula is C20H34O2. The summed E-state index contributed by atoms with van der Waals surface area (Å²) in [7, 11) is 0. The van der Waals surface area contributed by atoms with Crippen LogP contribution >= 0.6 is 0 Å². The minimum atomic E-state index is 0.108. The van der Waals surface area contributed by atoms with E-state index >= 15 is 0 Å². The second-order valence-electron chi connectivity index (χ2n) is 5.17. The van der Waals surface area contributed by atoms with Crippen molar-refractivity contribution in [1.82, 2.24) is 0 Å². The second-order valence-corrected chi connectivity index (χ2v) is 5.17. The van der Waals surface area contributed by atoms with Gasteiger partial charge in [0.2, 0.25) is 0 Å². The third kappa shape index (κ3) is 12.3. The van der Waals surface area contributed by atoms with Gasteiger partial charge >= 0.3 is 0 Å². The molecule has 22 heavy (non-hydrogen) atoms. The number of benzene rings is 1. The molecule has 0 aromatic heterocycles. The van der Waals surface area contributed by atoms with Crippen molar-refractivity contribution in [1.29, 1.82) is 0 Å². The highest BCUT2D eigenvalue weighted by Gasteiger charge is 2.14. The molecule has 2 nitrogen and oxygen atoms in total. The molecule has 0 saturated carbocycles. The fraction of sp³-hybridized carbons (Fsp3) is 0.600. The summed E-state index contributed by atoms with van der Waals surface area (Å²) in [6.07, 6.45) is 4.97. The number of carbonyl (C=O) groups excluding carboxylic acids is 2. The number of ketones is 2. The summed E-state index contributed by atoms with van der Waals surface area (Å²) < 4.78 is 0. The summed E-state index contributed by atoms with van der Waals surface area (Å²) in [4.78, 5) is 21.5. The highest BCUT2D eigenvalue weighted by molar-refractivity contribution is 5.83. The minimum absolute atomic E-state index is 0.108. The van der Waals surface area contributed by atoms with Crippen molar-refractivity contribution in [3.8, 4) is 0 Å². The molecule has 0 amide bonds. The largest absolute Gasteiger partial charge is 0.300 e. The van der Waals surface area contributed by atoms with Gasteiger partial charge in [0, 0.05) is 12.3 Å². The van der Waals surface area contributed by atoms with Crippen LogP contribution in [0.4, 0.5) is 0 Å². The lowest BCUT2D eigenvalue weighted by Gasteiger charge is -2.13. The van der Waals surface area contributed by atoms with Crippen LogP contribution in [0.2, 0.25) is 0 Å². The molecule has 0 fully saturated rings. The van der Waals surface area contributed by atoms with E-state index in [0.29, 0.717) is 0 Å². The third-order valence-electron chi connectivity index (χ3n) is 3.14. The number of Topliss-reactive ketones (excluding diaryl/α,β-unsaturated/α-hetero) is 2. The Balaban J connectivity index is 0. The van der Waals surface area contributed by atoms with Crippen molar-refractivity contribution in [2.75, 3.05) is 0 Å². The molecule has 0 aliphatic heterocycles. The molecule has 0 radical (unpaired) electrons. The summed E-state index contributed by atoms with van der Waals surface area (Å²) in [5.41, 5.74) is 1.16. The van der Waals surface area contributed by atoms with E-state index in [0.717, 1.165) is 37.7 Å². The predicted octanol–water partition coefficient (Wildman–Crippen LogP) is 5.95. The van der Waals surface area contributed by atoms with Crippen molar-refractivity contribution >= 4 is 11.6 Å². The van der Waals surface area contributed by atoms with Crippen LogP contribution in [0.1, 0.15) is 85.1 Å². The Morgan fingerprint density at radius 1 is 0.955 bits per heavy atom. The first-order chi connectivity index (χ1) is 10.5. The zero-order valence-corrected chi connectivity index (χ0v) is 15.3. The van der Waals surface area contributed by atoms with E-state index in [4.69, 9.17) is 0 Å². The molecule has 0 bridgehead atoms. The van der Waals surface area contributed by atoms with Gasteiger partial charge < -0.3 is 4.79 Å². The minimum Gasteiger partial charge on any atom is -0.300 e. The first kappa shape index (κ1) is 22.8. The molecular weight excluding hydrogens is 272 g/mol. The standard InChI is InChI=1S/C13H18O.C5H10O.C2H6/c1-3-4-10-13(11(2)14)12-8-6-5-7-9-12;1-3-4-5(2)6;1-2/h5-9,13H,3-4,10H2,1-2H3;3-4H2,1-2H3;1-2H3. The topological polar surface area (TPSA) is 34.1 Å². The zero-order valence-electron chi connectivity index (χ0n) is 15.3. The summed E-state index contributed by atoms with van der Waals surface area (Å²) in [5, 5.41) is 0. The zero-order chi connectivity index (χ0) is 17.4. The van der Waals surface area contributed by atoms with Gasteiger partial charge in [-0.05, 0) is 32.3 Å². The molecule has 126 valence electrons. The molecule has 1 unspecified atom stereocenters. The van der Waals surface area contributed by atoms with E-state index in [9.17, 15) is 9.59 Å². The maximum absolute atomic E-state index is 11.5. The Morgan fingerprint density at radius 2 is 1.50 bits per heavy atom. The molecule has 1 aromatic rings. The SMILES string of the molecule is CC.CCCC(C)=O.CCCCC(C(C)=O)c1ccccc1. The van der Waals surface area contributed by atoms with Gasteiger partial charge in [-0.3, -0.25) is 4.79 Å². The molecule has 1 aromatic carbocycles. The third-order valence-corrected chi connectivity index (χ3v) is 3.14. The van der Waals surface area contributed by atoms with E-state index < -0.39 is 0 Å². The van der Waals surface area contributed by atoms with Gasteiger partial charge in [-0.1, -0.05) is 70.9 Å². The number of hydrogen-bond donors (Lipinski definition) is 0. The van der Waals surface area contributed by atoms with Gasteiger partial charge in [-0.25, -0.2) is 0 Å². The van der Waals surface area contributed by atoms with Gasteiger partial charge in [-0.2, -0.15) is 0 Å². The Bertz CT molecular complexity index is 382. The summed E-state index contributed by atoms with van der Waals surface area (Å²) in [5.74, 6) is 0.679. The Kier molecular flexibility index (Phi) is 16.5. The highest BCUT2D eigenvalue weighted by atomic mass is 16.1. The van der Waals surface area contributed by atoms with E-state index in [1.807, 2.05) is 51.1 Å². The molecule has 0 aliphatic carbocycles. The van der Waals surface area contributed by atoms with Gasteiger partial charge in [0.25, 0.3) is 0 Å². The smallest absolute Gasteiger partial charge is 0.137 e. The fourth-order valence-electron chi connectivity index (χ4n) is 2.05. The Morgan fingerprint density at radius 3 is 1.82 bits per heavy atom. The Hall–Kier alpha value is -1.44. The molecule has 2 heteroatoms. The van der Waals surface area contributed by atoms with Crippen LogP contribution in [0, 0.1) is 0 Å². The molecule has 1 atom stereocenters. The monoisotopic (exact) mass is 306 g/mol. The fourth-order valence-corrected chi connectivity index (χ4v) is 2.05. The Labute approximate surface area is 137 Å². The normalized spacial score (nSPS) is 10.5. The number of carbonyl (C=O) groups is 2. The lowest BCUT2D eigenvalue weighted by Crippen LogP contribution is -2.08. The van der Waals surface area contributed by atoms with Gasteiger partial charge in [-0.15, -0.1) is 0 Å². The molecule has 0 spiro atoms. The predicted molar refractivity (Wildman–Crippen MR) is 96.3 cm³/mol. The van der Waals surface area contributed by atoms with E-state index in [1.165, 1.54) is 0 Å². The second kappa shape index (κ2) is 15.9. The number of hydrogen-bond acceptors (Lipinski definition) is 2. The molecule has 0 saturated heterocycles. The number of rotatable bonds is 7.